The van der Waals surface area contributed by atoms with Gasteiger partial charge >= 0.3 is 0 Å². The molecule has 3 heteroatoms. The minimum absolute atomic E-state index is 0.270. The Labute approximate surface area is 75.8 Å². The number of hydrogen-bond donors (Lipinski definition) is 2. The summed E-state index contributed by atoms with van der Waals surface area (Å²) in [6.45, 7) is 7.48. The van der Waals surface area contributed by atoms with Crippen LogP contribution in [0.2, 0.25) is 0 Å². The van der Waals surface area contributed by atoms with Gasteiger partial charge in [0.25, 0.3) is 0 Å². The van der Waals surface area contributed by atoms with Crippen molar-refractivity contribution >= 4 is 11.4 Å². The summed E-state index contributed by atoms with van der Waals surface area (Å²) in [5, 5.41) is 5.97. The fourth-order valence-electron chi connectivity index (χ4n) is 1.20. The summed E-state index contributed by atoms with van der Waals surface area (Å²) < 4.78 is 12.8. The van der Waals surface area contributed by atoms with Crippen LogP contribution in [0.15, 0.2) is 42.8 Å². The zero-order chi connectivity index (χ0) is 9.42. The summed E-state index contributed by atoms with van der Waals surface area (Å²) in [5.41, 5.74) is 2.88. The Balaban J connectivity index is 2.48. The van der Waals surface area contributed by atoms with Crippen LogP contribution in [0, 0.1) is 5.82 Å². The first-order valence-corrected chi connectivity index (χ1v) is 3.88. The Morgan fingerprint density at radius 2 is 1.62 bits per heavy atom. The van der Waals surface area contributed by atoms with E-state index in [0.29, 0.717) is 17.1 Å². The van der Waals surface area contributed by atoms with E-state index in [-0.39, 0.29) is 5.82 Å². The molecule has 1 aliphatic heterocycles. The largest absolute Gasteiger partial charge is 0.353 e. The van der Waals surface area contributed by atoms with Crippen LogP contribution in [0.4, 0.5) is 15.8 Å². The van der Waals surface area contributed by atoms with Crippen molar-refractivity contribution in [1.82, 2.24) is 0 Å². The maximum Gasteiger partial charge on any atom is 0.125 e. The molecule has 0 unspecified atom stereocenters. The number of rotatable bonds is 0. The van der Waals surface area contributed by atoms with Crippen molar-refractivity contribution < 1.29 is 4.39 Å². The van der Waals surface area contributed by atoms with Crippen LogP contribution < -0.4 is 10.6 Å². The first kappa shape index (κ1) is 7.86. The van der Waals surface area contributed by atoms with Gasteiger partial charge in [-0.1, -0.05) is 13.2 Å². The fourth-order valence-corrected chi connectivity index (χ4v) is 1.20. The summed E-state index contributed by atoms with van der Waals surface area (Å²) in [6, 6.07) is 4.48. The second kappa shape index (κ2) is 2.62. The van der Waals surface area contributed by atoms with Gasteiger partial charge in [-0.25, -0.2) is 4.39 Å². The van der Waals surface area contributed by atoms with Gasteiger partial charge in [0.15, 0.2) is 0 Å². The zero-order valence-electron chi connectivity index (χ0n) is 7.02. The summed E-state index contributed by atoms with van der Waals surface area (Å²) in [5.74, 6) is -0.270. The molecule has 0 amide bonds. The molecule has 0 atom stereocenters. The average Bonchev–Trinajstić information content (AvgIpc) is 2.08. The lowest BCUT2D eigenvalue weighted by atomic mass is 10.2. The third-order valence-corrected chi connectivity index (χ3v) is 1.92. The van der Waals surface area contributed by atoms with Gasteiger partial charge < -0.3 is 10.6 Å². The number of anilines is 2. The molecule has 1 aromatic carbocycles. The van der Waals surface area contributed by atoms with Crippen LogP contribution in [0.3, 0.4) is 0 Å². The van der Waals surface area contributed by atoms with Gasteiger partial charge in [0.1, 0.15) is 5.82 Å². The van der Waals surface area contributed by atoms with Gasteiger partial charge in [0.2, 0.25) is 0 Å². The van der Waals surface area contributed by atoms with Crippen molar-refractivity contribution in [3.8, 4) is 0 Å². The highest BCUT2D eigenvalue weighted by molar-refractivity contribution is 5.78. The molecular formula is C10H9FN2. The van der Waals surface area contributed by atoms with E-state index in [0.717, 1.165) is 5.69 Å². The SMILES string of the molecule is C=C1Nc2ccc(F)cc2NC1=C. The number of halogens is 1. The maximum atomic E-state index is 12.8. The molecule has 0 saturated carbocycles. The fraction of sp³-hybridized carbons (Fsp3) is 0. The second-order valence-corrected chi connectivity index (χ2v) is 2.90. The summed E-state index contributed by atoms with van der Waals surface area (Å²) in [7, 11) is 0. The third-order valence-electron chi connectivity index (χ3n) is 1.92. The van der Waals surface area contributed by atoms with Crippen molar-refractivity contribution in [2.24, 2.45) is 0 Å². The topological polar surface area (TPSA) is 24.1 Å². The van der Waals surface area contributed by atoms with Gasteiger partial charge in [-0.05, 0) is 18.2 Å². The monoisotopic (exact) mass is 176 g/mol. The quantitative estimate of drug-likeness (QED) is 0.635. The molecule has 1 heterocycles. The Morgan fingerprint density at radius 3 is 2.31 bits per heavy atom. The first-order valence-electron chi connectivity index (χ1n) is 3.88. The van der Waals surface area contributed by atoms with Gasteiger partial charge in [0.05, 0.1) is 22.8 Å². The number of nitrogens with one attached hydrogen (secondary N) is 2. The molecule has 0 radical (unpaired) electrons. The molecule has 0 spiro atoms. The molecule has 13 heavy (non-hydrogen) atoms. The van der Waals surface area contributed by atoms with Crippen molar-refractivity contribution in [1.29, 1.82) is 0 Å². The number of benzene rings is 1. The van der Waals surface area contributed by atoms with Gasteiger partial charge in [0, 0.05) is 0 Å². The van der Waals surface area contributed by atoms with E-state index in [1.807, 2.05) is 0 Å². The second-order valence-electron chi connectivity index (χ2n) is 2.90. The molecule has 0 bridgehead atoms. The van der Waals surface area contributed by atoms with Crippen LogP contribution in [0.25, 0.3) is 0 Å². The van der Waals surface area contributed by atoms with E-state index < -0.39 is 0 Å². The predicted molar refractivity (Wildman–Crippen MR) is 51.9 cm³/mol. The van der Waals surface area contributed by atoms with E-state index >= 15 is 0 Å². The minimum atomic E-state index is -0.270. The Bertz CT molecular complexity index is 396. The van der Waals surface area contributed by atoms with Crippen molar-refractivity contribution in [3.63, 3.8) is 0 Å². The zero-order valence-corrected chi connectivity index (χ0v) is 7.02. The van der Waals surface area contributed by atoms with Crippen LogP contribution in [-0.4, -0.2) is 0 Å². The lowest BCUT2D eigenvalue weighted by Crippen LogP contribution is -2.15. The minimum Gasteiger partial charge on any atom is -0.353 e. The molecule has 66 valence electrons. The average molecular weight is 176 g/mol. The molecule has 2 rings (SSSR count). The first-order chi connectivity index (χ1) is 6.16. The Morgan fingerprint density at radius 1 is 1.00 bits per heavy atom. The van der Waals surface area contributed by atoms with E-state index in [4.69, 9.17) is 0 Å². The molecule has 0 saturated heterocycles. The van der Waals surface area contributed by atoms with E-state index in [9.17, 15) is 4.39 Å². The van der Waals surface area contributed by atoms with Gasteiger partial charge in [-0.3, -0.25) is 0 Å². The van der Waals surface area contributed by atoms with Crippen LogP contribution in [0.1, 0.15) is 0 Å². The van der Waals surface area contributed by atoms with Gasteiger partial charge in [-0.15, -0.1) is 0 Å². The highest BCUT2D eigenvalue weighted by Gasteiger charge is 2.13. The predicted octanol–water partition coefficient (Wildman–Crippen LogP) is 2.69. The lowest BCUT2D eigenvalue weighted by Gasteiger charge is -2.23. The van der Waals surface area contributed by atoms with Gasteiger partial charge in [-0.2, -0.15) is 0 Å². The molecule has 2 N–H and O–H groups in total. The number of fused-ring (bicyclic) bond motifs is 1. The maximum absolute atomic E-state index is 12.8. The number of hydrogen-bond acceptors (Lipinski definition) is 2. The van der Waals surface area contributed by atoms with Crippen LogP contribution in [-0.2, 0) is 0 Å². The van der Waals surface area contributed by atoms with E-state index in [1.165, 1.54) is 12.1 Å². The highest BCUT2D eigenvalue weighted by atomic mass is 19.1. The molecule has 0 fully saturated rings. The summed E-state index contributed by atoms with van der Waals surface area (Å²) >= 11 is 0. The van der Waals surface area contributed by atoms with Crippen LogP contribution >= 0.6 is 0 Å². The lowest BCUT2D eigenvalue weighted by molar-refractivity contribution is 0.628. The molecule has 0 aromatic heterocycles. The molecule has 1 aliphatic rings. The summed E-state index contributed by atoms with van der Waals surface area (Å²) in [6.07, 6.45) is 0. The van der Waals surface area contributed by atoms with Crippen molar-refractivity contribution in [2.45, 2.75) is 0 Å². The molecular weight excluding hydrogens is 167 g/mol. The molecule has 1 aromatic rings. The highest BCUT2D eigenvalue weighted by Crippen LogP contribution is 2.30. The van der Waals surface area contributed by atoms with E-state index in [1.54, 1.807) is 6.07 Å². The Kier molecular flexibility index (Phi) is 1.59. The normalized spacial score (nSPS) is 14.5. The third kappa shape index (κ3) is 1.28. The molecule has 2 nitrogen and oxygen atoms in total. The van der Waals surface area contributed by atoms with E-state index in [2.05, 4.69) is 23.8 Å². The van der Waals surface area contributed by atoms with Crippen LogP contribution in [0.5, 0.6) is 0 Å². The van der Waals surface area contributed by atoms with Crippen molar-refractivity contribution in [3.05, 3.63) is 48.6 Å². The molecule has 0 aliphatic carbocycles. The standard InChI is InChI=1S/C10H9FN2/c1-6-7(2)13-10-5-8(11)3-4-9(10)12-6/h3-5,12-13H,1-2H2. The smallest absolute Gasteiger partial charge is 0.125 e. The summed E-state index contributed by atoms with van der Waals surface area (Å²) in [4.78, 5) is 0. The Hall–Kier alpha value is -1.77. The van der Waals surface area contributed by atoms with Crippen molar-refractivity contribution in [2.75, 3.05) is 10.6 Å².